The van der Waals surface area contributed by atoms with E-state index >= 15 is 0 Å². The molecule has 5 rings (SSSR count). The van der Waals surface area contributed by atoms with E-state index in [0.717, 1.165) is 61.0 Å². The molecular formula is C29H36N6O2. The van der Waals surface area contributed by atoms with Crippen molar-refractivity contribution in [2.75, 3.05) is 5.32 Å². The smallest absolute Gasteiger partial charge is 0.270 e. The molecule has 0 unspecified atom stereocenters. The van der Waals surface area contributed by atoms with E-state index in [-0.39, 0.29) is 17.7 Å². The van der Waals surface area contributed by atoms with Crippen LogP contribution in [-0.4, -0.2) is 37.8 Å². The Bertz CT molecular complexity index is 1250. The van der Waals surface area contributed by atoms with Crippen molar-refractivity contribution in [3.8, 4) is 11.1 Å². The highest BCUT2D eigenvalue weighted by atomic mass is 16.2. The second-order valence-electron chi connectivity index (χ2n) is 10.3. The predicted molar refractivity (Wildman–Crippen MR) is 144 cm³/mol. The lowest BCUT2D eigenvalue weighted by Crippen LogP contribution is -2.49. The van der Waals surface area contributed by atoms with Gasteiger partial charge in [-0.25, -0.2) is 0 Å². The van der Waals surface area contributed by atoms with Crippen molar-refractivity contribution < 1.29 is 9.59 Å². The lowest BCUT2D eigenvalue weighted by molar-refractivity contribution is -0.119. The molecule has 37 heavy (non-hydrogen) atoms. The van der Waals surface area contributed by atoms with E-state index in [1.807, 2.05) is 38.1 Å². The van der Waals surface area contributed by atoms with Gasteiger partial charge in [0.05, 0.1) is 12.2 Å². The van der Waals surface area contributed by atoms with E-state index in [9.17, 15) is 9.59 Å². The van der Waals surface area contributed by atoms with E-state index in [4.69, 9.17) is 0 Å². The molecule has 8 heteroatoms. The first kappa shape index (κ1) is 25.0. The minimum atomic E-state index is -0.598. The van der Waals surface area contributed by atoms with Crippen LogP contribution in [-0.2, 0) is 11.3 Å². The average Bonchev–Trinajstić information content (AvgIpc) is 3.48. The van der Waals surface area contributed by atoms with Crippen molar-refractivity contribution in [1.29, 1.82) is 0 Å². The number of rotatable bonds is 8. The molecule has 2 aliphatic carbocycles. The topological polar surface area (TPSA) is 105 Å². The van der Waals surface area contributed by atoms with Crippen LogP contribution in [0.15, 0.2) is 48.2 Å². The van der Waals surface area contributed by atoms with Crippen molar-refractivity contribution in [2.24, 2.45) is 5.92 Å². The number of aromatic nitrogens is 4. The van der Waals surface area contributed by atoms with E-state index in [1.54, 1.807) is 16.9 Å². The van der Waals surface area contributed by atoms with Crippen LogP contribution in [0.3, 0.4) is 0 Å². The molecule has 0 aliphatic heterocycles. The molecule has 3 N–H and O–H groups in total. The molecule has 1 aromatic carbocycles. The van der Waals surface area contributed by atoms with Gasteiger partial charge in [0.1, 0.15) is 11.7 Å². The van der Waals surface area contributed by atoms with E-state index in [0.29, 0.717) is 17.9 Å². The number of allylic oxidation sites excluding steroid dienone is 2. The monoisotopic (exact) mass is 500 g/mol. The van der Waals surface area contributed by atoms with Crippen molar-refractivity contribution in [2.45, 2.75) is 77.8 Å². The Morgan fingerprint density at radius 1 is 1.08 bits per heavy atom. The molecule has 2 heterocycles. The molecule has 1 atom stereocenters. The van der Waals surface area contributed by atoms with Crippen molar-refractivity contribution in [3.05, 3.63) is 65.3 Å². The van der Waals surface area contributed by atoms with Gasteiger partial charge in [0.25, 0.3) is 5.91 Å². The minimum absolute atomic E-state index is 0.113. The second-order valence-corrected chi connectivity index (χ2v) is 10.3. The molecule has 194 valence electrons. The maximum Gasteiger partial charge on any atom is 0.270 e. The van der Waals surface area contributed by atoms with E-state index < -0.39 is 6.04 Å². The maximum atomic E-state index is 13.5. The third kappa shape index (κ3) is 5.68. The maximum absolute atomic E-state index is 13.5. The molecule has 0 bridgehead atoms. The molecule has 3 aromatic rings. The van der Waals surface area contributed by atoms with Gasteiger partial charge in [0.2, 0.25) is 5.91 Å². The molecular weight excluding hydrogens is 464 g/mol. The van der Waals surface area contributed by atoms with Gasteiger partial charge in [-0.05, 0) is 75.6 Å². The highest BCUT2D eigenvalue weighted by Crippen LogP contribution is 2.29. The highest BCUT2D eigenvalue weighted by Gasteiger charge is 2.32. The summed E-state index contributed by atoms with van der Waals surface area (Å²) in [5, 5.41) is 17.8. The van der Waals surface area contributed by atoms with Crippen LogP contribution in [0.2, 0.25) is 0 Å². The van der Waals surface area contributed by atoms with Gasteiger partial charge < -0.3 is 10.6 Å². The number of amides is 2. The van der Waals surface area contributed by atoms with Crippen LogP contribution >= 0.6 is 0 Å². The summed E-state index contributed by atoms with van der Waals surface area (Å²) in [6.45, 7) is 4.55. The lowest BCUT2D eigenvalue weighted by Gasteiger charge is -2.30. The third-order valence-corrected chi connectivity index (χ3v) is 7.76. The van der Waals surface area contributed by atoms with Gasteiger partial charge >= 0.3 is 0 Å². The number of anilines is 1. The highest BCUT2D eigenvalue weighted by molar-refractivity contribution is 6.00. The number of carbonyl (C=O) groups is 2. The number of carbonyl (C=O) groups excluding carboxylic acids is 2. The Hall–Kier alpha value is -3.68. The van der Waals surface area contributed by atoms with Crippen LogP contribution in [0.25, 0.3) is 11.1 Å². The number of nitrogens with one attached hydrogen (secondary N) is 3. The van der Waals surface area contributed by atoms with Crippen LogP contribution < -0.4 is 10.6 Å². The molecule has 8 nitrogen and oxygen atoms in total. The van der Waals surface area contributed by atoms with Crippen molar-refractivity contribution in [1.82, 2.24) is 25.3 Å². The molecule has 2 fully saturated rings. The first-order valence-corrected chi connectivity index (χ1v) is 13.4. The molecule has 2 amide bonds. The van der Waals surface area contributed by atoms with E-state index in [1.165, 1.54) is 18.4 Å². The average molecular weight is 501 g/mol. The van der Waals surface area contributed by atoms with Crippen molar-refractivity contribution in [3.63, 3.8) is 0 Å². The fourth-order valence-electron chi connectivity index (χ4n) is 5.47. The fourth-order valence-corrected chi connectivity index (χ4v) is 5.47. The van der Waals surface area contributed by atoms with Crippen LogP contribution in [0.4, 0.5) is 5.69 Å². The summed E-state index contributed by atoms with van der Waals surface area (Å²) < 4.78 is 1.72. The summed E-state index contributed by atoms with van der Waals surface area (Å²) in [5.74, 6) is -0.315. The van der Waals surface area contributed by atoms with Gasteiger partial charge in [0.15, 0.2) is 0 Å². The largest absolute Gasteiger partial charge is 0.339 e. The van der Waals surface area contributed by atoms with Gasteiger partial charge in [-0.15, -0.1) is 0 Å². The number of nitrogens with zero attached hydrogens (tertiary/aromatic N) is 3. The van der Waals surface area contributed by atoms with Crippen LogP contribution in [0.5, 0.6) is 0 Å². The molecule has 0 saturated heterocycles. The number of hydrogen-bond acceptors (Lipinski definition) is 4. The summed E-state index contributed by atoms with van der Waals surface area (Å²) >= 11 is 0. The first-order chi connectivity index (χ1) is 18.0. The lowest BCUT2D eigenvalue weighted by atomic mass is 9.83. The minimum Gasteiger partial charge on any atom is -0.339 e. The summed E-state index contributed by atoms with van der Waals surface area (Å²) in [6, 6.07) is 8.92. The predicted octanol–water partition coefficient (Wildman–Crippen LogP) is 5.32. The molecule has 0 spiro atoms. The summed E-state index contributed by atoms with van der Waals surface area (Å²) in [4.78, 5) is 26.8. The fraction of sp³-hybridized carbons (Fsp3) is 0.448. The zero-order valence-electron chi connectivity index (χ0n) is 21.7. The molecule has 2 saturated carbocycles. The Morgan fingerprint density at radius 3 is 2.49 bits per heavy atom. The van der Waals surface area contributed by atoms with Gasteiger partial charge in [0, 0.05) is 23.1 Å². The molecule has 2 aromatic heterocycles. The zero-order chi connectivity index (χ0) is 25.8. The Balaban J connectivity index is 1.30. The van der Waals surface area contributed by atoms with Gasteiger partial charge in [-0.2, -0.15) is 10.2 Å². The Labute approximate surface area is 217 Å². The van der Waals surface area contributed by atoms with Crippen LogP contribution in [0.1, 0.15) is 73.2 Å². The summed E-state index contributed by atoms with van der Waals surface area (Å²) in [6.07, 6.45) is 12.5. The number of benzene rings is 1. The Morgan fingerprint density at radius 2 is 1.84 bits per heavy atom. The first-order valence-electron chi connectivity index (χ1n) is 13.4. The number of H-pyrrole nitrogens is 1. The summed E-state index contributed by atoms with van der Waals surface area (Å²) in [7, 11) is 0. The summed E-state index contributed by atoms with van der Waals surface area (Å²) in [5.41, 5.74) is 6.69. The quantitative estimate of drug-likeness (QED) is 0.364. The molecule has 2 aliphatic rings. The SMILES string of the molecule is Cc1n[nH]c(C)c1-c1ccc(NC(=O)[C@@H](NC(=O)c2ccnn2CC=C2CCC2)C2CCCCC2)cc1. The van der Waals surface area contributed by atoms with Gasteiger partial charge in [-0.3, -0.25) is 19.4 Å². The zero-order valence-corrected chi connectivity index (χ0v) is 21.7. The van der Waals surface area contributed by atoms with Crippen LogP contribution in [0, 0.1) is 19.8 Å². The normalized spacial score (nSPS) is 16.6. The molecule has 0 radical (unpaired) electrons. The van der Waals surface area contributed by atoms with Gasteiger partial charge in [-0.1, -0.05) is 43.0 Å². The number of hydrogen-bond donors (Lipinski definition) is 3. The number of aromatic amines is 1. The van der Waals surface area contributed by atoms with Crippen molar-refractivity contribution >= 4 is 17.5 Å². The third-order valence-electron chi connectivity index (χ3n) is 7.76. The van der Waals surface area contributed by atoms with E-state index in [2.05, 4.69) is 32.0 Å². The number of aryl methyl sites for hydroxylation is 2. The standard InChI is InChI=1S/C29H36N6O2/c1-19-26(20(2)34-33-19)22-11-13-24(14-12-22)31-29(37)27(23-9-4-3-5-10-23)32-28(36)25-15-17-30-35(25)18-16-21-7-6-8-21/h11-17,23,27H,3-10,18H2,1-2H3,(H,31,37)(H,32,36)(H,33,34)/t27-/m0/s1. The second kappa shape index (κ2) is 11.2. The Kier molecular flexibility index (Phi) is 7.53.